The van der Waals surface area contributed by atoms with Crippen LogP contribution in [0.25, 0.3) is 0 Å². The average Bonchev–Trinajstić information content (AvgIpc) is 2.35. The number of hydrogen-bond acceptors (Lipinski definition) is 5. The number of amides is 1. The second-order valence-electron chi connectivity index (χ2n) is 3.42. The molecule has 0 aliphatic heterocycles. The number of nitro benzene ring substituents is 1. The summed E-state index contributed by atoms with van der Waals surface area (Å²) in [6.07, 6.45) is -0.631. The van der Waals surface area contributed by atoms with Gasteiger partial charge in [-0.15, -0.1) is 0 Å². The Bertz CT molecular complexity index is 423. The van der Waals surface area contributed by atoms with Crippen LogP contribution in [0.1, 0.15) is 6.92 Å². The minimum absolute atomic E-state index is 0.0829. The van der Waals surface area contributed by atoms with Crippen molar-refractivity contribution >= 4 is 17.5 Å². The normalized spacial score (nSPS) is 9.83. The molecule has 18 heavy (non-hydrogen) atoms. The van der Waals surface area contributed by atoms with Gasteiger partial charge in [-0.05, 0) is 12.6 Å². The Hall–Kier alpha value is -2.15. The van der Waals surface area contributed by atoms with Crippen LogP contribution in [0.4, 0.5) is 16.2 Å². The summed E-state index contributed by atoms with van der Waals surface area (Å²) in [5, 5.41) is 16.0. The number of hydrogen-bond donors (Lipinski definition) is 2. The molecule has 0 aromatic heterocycles. The van der Waals surface area contributed by atoms with Gasteiger partial charge in [-0.25, -0.2) is 4.79 Å². The summed E-state index contributed by atoms with van der Waals surface area (Å²) < 4.78 is 4.87. The van der Waals surface area contributed by atoms with Crippen molar-refractivity contribution in [1.29, 1.82) is 0 Å². The smallest absolute Gasteiger partial charge is 0.411 e. The molecule has 1 aromatic carbocycles. The molecule has 0 unspecified atom stereocenters. The van der Waals surface area contributed by atoms with E-state index in [4.69, 9.17) is 4.74 Å². The highest BCUT2D eigenvalue weighted by molar-refractivity contribution is 5.85. The number of anilines is 1. The van der Waals surface area contributed by atoms with Crippen LogP contribution in [0, 0.1) is 10.1 Å². The van der Waals surface area contributed by atoms with E-state index in [1.54, 1.807) is 6.07 Å². The first-order valence-electron chi connectivity index (χ1n) is 5.52. The van der Waals surface area contributed by atoms with Gasteiger partial charge in [-0.2, -0.15) is 0 Å². The highest BCUT2D eigenvalue weighted by atomic mass is 16.6. The number of nitrogens with zero attached hydrogens (tertiary/aromatic N) is 1. The molecule has 0 aliphatic rings. The van der Waals surface area contributed by atoms with Crippen LogP contribution in [0.5, 0.6) is 0 Å². The average molecular weight is 253 g/mol. The fraction of sp³-hybridized carbons (Fsp3) is 0.364. The Morgan fingerprint density at radius 2 is 2.28 bits per heavy atom. The standard InChI is InChI=1S/C11H15N3O4/c1-2-12-6-7-18-11(15)13-9-4-3-5-10(8-9)14(16)17/h3-5,8,12H,2,6-7H2,1H3,(H,13,15). The van der Waals surface area contributed by atoms with E-state index in [0.29, 0.717) is 12.2 Å². The predicted molar refractivity (Wildman–Crippen MR) is 66.6 cm³/mol. The first-order valence-corrected chi connectivity index (χ1v) is 5.52. The third-order valence-electron chi connectivity index (χ3n) is 2.07. The second kappa shape index (κ2) is 7.23. The number of nitrogens with one attached hydrogen (secondary N) is 2. The Morgan fingerprint density at radius 3 is 2.94 bits per heavy atom. The predicted octanol–water partition coefficient (Wildman–Crippen LogP) is 1.75. The van der Waals surface area contributed by atoms with Gasteiger partial charge in [0.05, 0.1) is 10.6 Å². The molecule has 2 N–H and O–H groups in total. The fourth-order valence-electron chi connectivity index (χ4n) is 1.24. The maximum Gasteiger partial charge on any atom is 0.411 e. The molecule has 0 bridgehead atoms. The van der Waals surface area contributed by atoms with Gasteiger partial charge in [-0.3, -0.25) is 15.4 Å². The summed E-state index contributed by atoms with van der Waals surface area (Å²) >= 11 is 0. The molecule has 0 saturated carbocycles. The minimum Gasteiger partial charge on any atom is -0.448 e. The van der Waals surface area contributed by atoms with Gasteiger partial charge in [0.2, 0.25) is 0 Å². The summed E-state index contributed by atoms with van der Waals surface area (Å²) in [7, 11) is 0. The quantitative estimate of drug-likeness (QED) is 0.457. The maximum atomic E-state index is 11.3. The number of carbonyl (C=O) groups is 1. The summed E-state index contributed by atoms with van der Waals surface area (Å²) in [5.41, 5.74) is 0.248. The minimum atomic E-state index is -0.631. The molecule has 0 aliphatic carbocycles. The Labute approximate surface area is 104 Å². The summed E-state index contributed by atoms with van der Waals surface area (Å²) in [6, 6.07) is 5.66. The number of nitro groups is 1. The van der Waals surface area contributed by atoms with Crippen molar-refractivity contribution in [1.82, 2.24) is 5.32 Å². The summed E-state index contributed by atoms with van der Waals surface area (Å²) in [6.45, 7) is 3.56. The highest BCUT2D eigenvalue weighted by Crippen LogP contribution is 2.16. The molecule has 1 aromatic rings. The van der Waals surface area contributed by atoms with Crippen LogP contribution in [-0.2, 0) is 4.74 Å². The van der Waals surface area contributed by atoms with Gasteiger partial charge in [0.1, 0.15) is 6.61 Å². The number of rotatable bonds is 6. The van der Waals surface area contributed by atoms with Crippen molar-refractivity contribution in [2.45, 2.75) is 6.92 Å². The molecule has 0 atom stereocenters. The largest absolute Gasteiger partial charge is 0.448 e. The van der Waals surface area contributed by atoms with Crippen LogP contribution >= 0.6 is 0 Å². The van der Waals surface area contributed by atoms with Gasteiger partial charge < -0.3 is 10.1 Å². The van der Waals surface area contributed by atoms with Crippen molar-refractivity contribution in [2.75, 3.05) is 25.0 Å². The molecule has 0 saturated heterocycles. The van der Waals surface area contributed by atoms with Crippen LogP contribution in [0.2, 0.25) is 0 Å². The SMILES string of the molecule is CCNCCOC(=O)Nc1cccc([N+](=O)[O-])c1. The van der Waals surface area contributed by atoms with Gasteiger partial charge >= 0.3 is 6.09 Å². The van der Waals surface area contributed by atoms with Crippen molar-refractivity contribution in [3.8, 4) is 0 Å². The fourth-order valence-corrected chi connectivity index (χ4v) is 1.24. The summed E-state index contributed by atoms with van der Waals surface area (Å²) in [5.74, 6) is 0. The lowest BCUT2D eigenvalue weighted by Crippen LogP contribution is -2.23. The van der Waals surface area contributed by atoms with Crippen molar-refractivity contribution in [3.05, 3.63) is 34.4 Å². The molecule has 1 rings (SSSR count). The lowest BCUT2D eigenvalue weighted by Gasteiger charge is -2.06. The lowest BCUT2D eigenvalue weighted by atomic mass is 10.3. The van der Waals surface area contributed by atoms with Crippen molar-refractivity contribution in [2.24, 2.45) is 0 Å². The second-order valence-corrected chi connectivity index (χ2v) is 3.42. The highest BCUT2D eigenvalue weighted by Gasteiger charge is 2.08. The first kappa shape index (κ1) is 13.9. The molecule has 0 fully saturated rings. The zero-order valence-corrected chi connectivity index (χ0v) is 10.0. The van der Waals surface area contributed by atoms with Gasteiger partial charge in [0, 0.05) is 18.7 Å². The van der Waals surface area contributed by atoms with Crippen molar-refractivity contribution < 1.29 is 14.5 Å². The topological polar surface area (TPSA) is 93.5 Å². The van der Waals surface area contributed by atoms with Crippen LogP contribution < -0.4 is 10.6 Å². The molecule has 0 radical (unpaired) electrons. The number of benzene rings is 1. The van der Waals surface area contributed by atoms with E-state index in [-0.39, 0.29) is 12.3 Å². The molecular weight excluding hydrogens is 238 g/mol. The van der Waals surface area contributed by atoms with E-state index in [1.165, 1.54) is 18.2 Å². The number of carbonyl (C=O) groups excluding carboxylic acids is 1. The third-order valence-corrected chi connectivity index (χ3v) is 2.07. The zero-order chi connectivity index (χ0) is 13.4. The van der Waals surface area contributed by atoms with E-state index < -0.39 is 11.0 Å². The summed E-state index contributed by atoms with van der Waals surface area (Å²) in [4.78, 5) is 21.3. The van der Waals surface area contributed by atoms with E-state index in [0.717, 1.165) is 6.54 Å². The molecule has 1 amide bonds. The van der Waals surface area contributed by atoms with Gasteiger partial charge in [-0.1, -0.05) is 13.0 Å². The molecular formula is C11H15N3O4. The Balaban J connectivity index is 2.44. The zero-order valence-electron chi connectivity index (χ0n) is 10.0. The Morgan fingerprint density at radius 1 is 1.50 bits per heavy atom. The molecule has 98 valence electrons. The molecule has 0 heterocycles. The monoisotopic (exact) mass is 253 g/mol. The van der Waals surface area contributed by atoms with E-state index in [9.17, 15) is 14.9 Å². The first-order chi connectivity index (χ1) is 8.63. The van der Waals surface area contributed by atoms with E-state index in [1.807, 2.05) is 6.92 Å². The van der Waals surface area contributed by atoms with Gasteiger partial charge in [0.15, 0.2) is 0 Å². The number of likely N-dealkylation sites (N-methyl/N-ethyl adjacent to an activating group) is 1. The maximum absolute atomic E-state index is 11.3. The van der Waals surface area contributed by atoms with Crippen LogP contribution in [-0.4, -0.2) is 30.7 Å². The van der Waals surface area contributed by atoms with E-state index >= 15 is 0 Å². The van der Waals surface area contributed by atoms with Crippen LogP contribution in [0.15, 0.2) is 24.3 Å². The lowest BCUT2D eigenvalue weighted by molar-refractivity contribution is -0.384. The van der Waals surface area contributed by atoms with Gasteiger partial charge in [0.25, 0.3) is 5.69 Å². The molecule has 7 nitrogen and oxygen atoms in total. The third kappa shape index (κ3) is 4.79. The van der Waals surface area contributed by atoms with Crippen molar-refractivity contribution in [3.63, 3.8) is 0 Å². The molecule has 0 spiro atoms. The van der Waals surface area contributed by atoms with Crippen LogP contribution in [0.3, 0.4) is 0 Å². The number of ether oxygens (including phenoxy) is 1. The number of non-ortho nitro benzene ring substituents is 1. The Kier molecular flexibility index (Phi) is 5.59. The van der Waals surface area contributed by atoms with E-state index in [2.05, 4.69) is 10.6 Å². The molecule has 7 heteroatoms.